The van der Waals surface area contributed by atoms with E-state index in [0.717, 1.165) is 26.1 Å². The molecule has 16 heavy (non-hydrogen) atoms. The Balaban J connectivity index is 2.36. The van der Waals surface area contributed by atoms with Gasteiger partial charge in [-0.1, -0.05) is 6.92 Å². The Labute approximate surface area is 99.4 Å². The van der Waals surface area contributed by atoms with Gasteiger partial charge in [-0.2, -0.15) is 0 Å². The summed E-state index contributed by atoms with van der Waals surface area (Å²) in [5.41, 5.74) is 5.51. The Bertz CT molecular complexity index is 218. The molecule has 3 atom stereocenters. The third kappa shape index (κ3) is 3.70. The van der Waals surface area contributed by atoms with Gasteiger partial charge in [0.1, 0.15) is 0 Å². The van der Waals surface area contributed by atoms with Crippen LogP contribution < -0.4 is 5.73 Å². The average molecular weight is 229 g/mol. The molecular formula is C12H27N3O. The van der Waals surface area contributed by atoms with Crippen molar-refractivity contribution in [2.75, 3.05) is 40.3 Å². The van der Waals surface area contributed by atoms with Crippen LogP contribution >= 0.6 is 0 Å². The van der Waals surface area contributed by atoms with E-state index in [-0.39, 0.29) is 6.61 Å². The predicted octanol–water partition coefficient (Wildman–Crippen LogP) is -0.0319. The Hall–Kier alpha value is -0.160. The summed E-state index contributed by atoms with van der Waals surface area (Å²) in [6, 6.07) is 0.651. The molecule has 1 heterocycles. The predicted molar refractivity (Wildman–Crippen MR) is 67.4 cm³/mol. The van der Waals surface area contributed by atoms with E-state index in [1.165, 1.54) is 0 Å². The second-order valence-electron chi connectivity index (χ2n) is 5.83. The molecule has 3 unspecified atom stereocenters. The normalized spacial score (nSPS) is 30.9. The topological polar surface area (TPSA) is 52.7 Å². The lowest BCUT2D eigenvalue weighted by Crippen LogP contribution is -2.43. The minimum atomic E-state index is -0.431. The van der Waals surface area contributed by atoms with E-state index in [4.69, 9.17) is 10.8 Å². The summed E-state index contributed by atoms with van der Waals surface area (Å²) in [6.45, 7) is 7.53. The first-order chi connectivity index (χ1) is 7.35. The molecule has 0 aromatic rings. The number of aliphatic hydroxyl groups is 1. The Kier molecular flexibility index (Phi) is 4.73. The summed E-state index contributed by atoms with van der Waals surface area (Å²) in [5.74, 6) is 0.716. The highest BCUT2D eigenvalue weighted by atomic mass is 16.3. The number of likely N-dealkylation sites (tertiary alicyclic amines) is 1. The van der Waals surface area contributed by atoms with Crippen molar-refractivity contribution in [3.05, 3.63) is 0 Å². The van der Waals surface area contributed by atoms with E-state index >= 15 is 0 Å². The van der Waals surface area contributed by atoms with Crippen molar-refractivity contribution in [3.63, 3.8) is 0 Å². The first kappa shape index (κ1) is 13.9. The van der Waals surface area contributed by atoms with Gasteiger partial charge >= 0.3 is 0 Å². The van der Waals surface area contributed by atoms with Crippen LogP contribution in [0.5, 0.6) is 0 Å². The summed E-state index contributed by atoms with van der Waals surface area (Å²) < 4.78 is 0. The second-order valence-corrected chi connectivity index (χ2v) is 5.83. The van der Waals surface area contributed by atoms with Crippen molar-refractivity contribution in [3.8, 4) is 0 Å². The van der Waals surface area contributed by atoms with E-state index in [0.29, 0.717) is 12.0 Å². The second kappa shape index (κ2) is 5.45. The third-order valence-electron chi connectivity index (χ3n) is 3.67. The van der Waals surface area contributed by atoms with Gasteiger partial charge in [0.25, 0.3) is 0 Å². The number of nitrogens with zero attached hydrogens (tertiary/aromatic N) is 2. The number of nitrogens with two attached hydrogens (primary N) is 1. The van der Waals surface area contributed by atoms with Crippen LogP contribution in [0, 0.1) is 5.92 Å². The molecule has 0 radical (unpaired) electrons. The van der Waals surface area contributed by atoms with Gasteiger partial charge in [-0.15, -0.1) is 0 Å². The van der Waals surface area contributed by atoms with Crippen LogP contribution in [0.3, 0.4) is 0 Å². The molecule has 1 fully saturated rings. The fraction of sp³-hybridized carbons (Fsp3) is 1.00. The maximum Gasteiger partial charge on any atom is 0.0608 e. The van der Waals surface area contributed by atoms with Crippen LogP contribution in [0.2, 0.25) is 0 Å². The average Bonchev–Trinajstić information content (AvgIpc) is 2.57. The van der Waals surface area contributed by atoms with Crippen LogP contribution in [-0.4, -0.2) is 66.8 Å². The lowest BCUT2D eigenvalue weighted by atomic mass is 10.0. The van der Waals surface area contributed by atoms with Crippen LogP contribution in [0.4, 0.5) is 0 Å². The molecule has 1 rings (SSSR count). The standard InChI is InChI=1S/C12H27N3O/c1-10-7-15(8-11(10)14(3)4)6-5-12(2,13)9-16/h10-11,16H,5-9,13H2,1-4H3. The number of rotatable bonds is 5. The van der Waals surface area contributed by atoms with Crippen molar-refractivity contribution in [1.82, 2.24) is 9.80 Å². The number of hydrogen-bond donors (Lipinski definition) is 2. The highest BCUT2D eigenvalue weighted by Gasteiger charge is 2.31. The summed E-state index contributed by atoms with van der Waals surface area (Å²) in [4.78, 5) is 4.76. The van der Waals surface area contributed by atoms with Crippen LogP contribution in [0.15, 0.2) is 0 Å². The maximum absolute atomic E-state index is 9.11. The molecule has 0 aromatic carbocycles. The Morgan fingerprint density at radius 3 is 2.50 bits per heavy atom. The molecule has 1 saturated heterocycles. The molecule has 0 aliphatic carbocycles. The molecule has 4 heteroatoms. The minimum Gasteiger partial charge on any atom is -0.394 e. The number of aliphatic hydroxyl groups excluding tert-OH is 1. The summed E-state index contributed by atoms with van der Waals surface area (Å²) in [7, 11) is 4.29. The van der Waals surface area contributed by atoms with Gasteiger partial charge in [0, 0.05) is 31.2 Å². The molecule has 1 aliphatic rings. The smallest absolute Gasteiger partial charge is 0.0608 e. The lowest BCUT2D eigenvalue weighted by Gasteiger charge is -2.26. The van der Waals surface area contributed by atoms with Crippen molar-refractivity contribution in [2.24, 2.45) is 11.7 Å². The van der Waals surface area contributed by atoms with Crippen LogP contribution in [-0.2, 0) is 0 Å². The van der Waals surface area contributed by atoms with Gasteiger partial charge in [0.15, 0.2) is 0 Å². The molecule has 0 amide bonds. The number of hydrogen-bond acceptors (Lipinski definition) is 4. The fourth-order valence-corrected chi connectivity index (χ4v) is 2.40. The van der Waals surface area contributed by atoms with Gasteiger partial charge in [-0.3, -0.25) is 0 Å². The van der Waals surface area contributed by atoms with E-state index in [9.17, 15) is 0 Å². The molecule has 1 aliphatic heterocycles. The zero-order valence-electron chi connectivity index (χ0n) is 11.1. The lowest BCUT2D eigenvalue weighted by molar-refractivity contribution is 0.179. The van der Waals surface area contributed by atoms with Gasteiger partial charge in [0.05, 0.1) is 6.61 Å². The Morgan fingerprint density at radius 1 is 1.44 bits per heavy atom. The molecule has 0 bridgehead atoms. The molecule has 0 aromatic heterocycles. The van der Waals surface area contributed by atoms with Gasteiger partial charge < -0.3 is 20.6 Å². The van der Waals surface area contributed by atoms with Gasteiger partial charge in [-0.05, 0) is 33.4 Å². The SMILES string of the molecule is CC1CN(CCC(C)(N)CO)CC1N(C)C. The minimum absolute atomic E-state index is 0.0630. The van der Waals surface area contributed by atoms with Crippen LogP contribution in [0.25, 0.3) is 0 Å². The fourth-order valence-electron chi connectivity index (χ4n) is 2.40. The third-order valence-corrected chi connectivity index (χ3v) is 3.67. The summed E-state index contributed by atoms with van der Waals surface area (Å²) in [5, 5.41) is 9.11. The van der Waals surface area contributed by atoms with Crippen molar-refractivity contribution < 1.29 is 5.11 Å². The monoisotopic (exact) mass is 229 g/mol. The summed E-state index contributed by atoms with van der Waals surface area (Å²) in [6.07, 6.45) is 0.858. The molecule has 96 valence electrons. The molecule has 0 saturated carbocycles. The first-order valence-corrected chi connectivity index (χ1v) is 6.14. The largest absolute Gasteiger partial charge is 0.394 e. The molecule has 4 nitrogen and oxygen atoms in total. The number of likely N-dealkylation sites (N-methyl/N-ethyl adjacent to an activating group) is 1. The van der Waals surface area contributed by atoms with Crippen molar-refractivity contribution in [1.29, 1.82) is 0 Å². The molecule has 3 N–H and O–H groups in total. The van der Waals surface area contributed by atoms with Gasteiger partial charge in [0.2, 0.25) is 0 Å². The van der Waals surface area contributed by atoms with E-state index in [1.807, 2.05) is 6.92 Å². The van der Waals surface area contributed by atoms with Crippen molar-refractivity contribution >= 4 is 0 Å². The van der Waals surface area contributed by atoms with Crippen molar-refractivity contribution in [2.45, 2.75) is 31.8 Å². The van der Waals surface area contributed by atoms with E-state index in [2.05, 4.69) is 30.8 Å². The quantitative estimate of drug-likeness (QED) is 0.695. The van der Waals surface area contributed by atoms with E-state index in [1.54, 1.807) is 0 Å². The first-order valence-electron chi connectivity index (χ1n) is 6.14. The highest BCUT2D eigenvalue weighted by molar-refractivity contribution is 4.88. The van der Waals surface area contributed by atoms with E-state index < -0.39 is 5.54 Å². The zero-order chi connectivity index (χ0) is 12.3. The Morgan fingerprint density at radius 2 is 2.06 bits per heavy atom. The maximum atomic E-state index is 9.11. The highest BCUT2D eigenvalue weighted by Crippen LogP contribution is 2.20. The zero-order valence-corrected chi connectivity index (χ0v) is 11.1. The van der Waals surface area contributed by atoms with Crippen LogP contribution in [0.1, 0.15) is 20.3 Å². The molecular weight excluding hydrogens is 202 g/mol. The summed E-state index contributed by atoms with van der Waals surface area (Å²) >= 11 is 0. The van der Waals surface area contributed by atoms with Gasteiger partial charge in [-0.25, -0.2) is 0 Å². The molecule has 0 spiro atoms.